The third-order valence-electron chi connectivity index (χ3n) is 3.38. The Morgan fingerprint density at radius 1 is 1.43 bits per heavy atom. The Morgan fingerprint density at radius 2 is 2.10 bits per heavy atom. The number of rotatable bonds is 3. The molecule has 6 nitrogen and oxygen atoms in total. The molecule has 1 unspecified atom stereocenters. The van der Waals surface area contributed by atoms with Crippen LogP contribution in [0.5, 0.6) is 0 Å². The van der Waals surface area contributed by atoms with Gasteiger partial charge in [0.25, 0.3) is 11.2 Å². The summed E-state index contributed by atoms with van der Waals surface area (Å²) in [6, 6.07) is 2.84. The second-order valence-corrected chi connectivity index (χ2v) is 6.55. The summed E-state index contributed by atoms with van der Waals surface area (Å²) in [6.45, 7) is 5.92. The van der Waals surface area contributed by atoms with Crippen LogP contribution >= 0.6 is 11.6 Å². The van der Waals surface area contributed by atoms with Crippen LogP contribution in [0.4, 0.5) is 5.69 Å². The molecule has 0 spiro atoms. The first-order valence-electron chi connectivity index (χ1n) is 6.49. The number of fused-ring (bicyclic) bond motifs is 1. The Kier molecular flexibility index (Phi) is 4.00. The van der Waals surface area contributed by atoms with E-state index in [2.05, 4.69) is 9.97 Å². The minimum Gasteiger partial charge on any atom is -0.313 e. The maximum atomic E-state index is 11.7. The molecule has 1 aromatic carbocycles. The highest BCUT2D eigenvalue weighted by Crippen LogP contribution is 2.31. The van der Waals surface area contributed by atoms with E-state index in [0.717, 1.165) is 0 Å². The number of nitro groups is 1. The number of aromatic nitrogens is 2. The molecule has 2 aromatic rings. The van der Waals surface area contributed by atoms with Gasteiger partial charge in [-0.05, 0) is 17.9 Å². The van der Waals surface area contributed by atoms with Crippen molar-refractivity contribution in [2.75, 3.05) is 0 Å². The number of nitrogens with one attached hydrogen (secondary N) is 1. The number of aromatic amines is 1. The van der Waals surface area contributed by atoms with Crippen LogP contribution in [0, 0.1) is 15.5 Å². The number of nitro benzene ring substituents is 1. The number of H-pyrrole nitrogens is 1. The van der Waals surface area contributed by atoms with Gasteiger partial charge in [0.15, 0.2) is 0 Å². The van der Waals surface area contributed by atoms with Crippen molar-refractivity contribution >= 4 is 28.2 Å². The second-order valence-electron chi connectivity index (χ2n) is 6.02. The molecule has 1 N–H and O–H groups in total. The Hall–Kier alpha value is -1.95. The first kappa shape index (κ1) is 15.4. The molecule has 1 aromatic heterocycles. The summed E-state index contributed by atoms with van der Waals surface area (Å²) in [5.74, 6) is 0. The molecular weight excluding hydrogens is 294 g/mol. The lowest BCUT2D eigenvalue weighted by Crippen LogP contribution is -2.23. The summed E-state index contributed by atoms with van der Waals surface area (Å²) >= 11 is 6.34. The van der Waals surface area contributed by atoms with Crippen molar-refractivity contribution in [1.29, 1.82) is 0 Å². The number of hydrogen-bond acceptors (Lipinski definition) is 4. The van der Waals surface area contributed by atoms with Crippen molar-refractivity contribution < 1.29 is 4.92 Å². The molecule has 0 aliphatic rings. The van der Waals surface area contributed by atoms with E-state index in [1.165, 1.54) is 12.4 Å². The van der Waals surface area contributed by atoms with Gasteiger partial charge in [0, 0.05) is 17.0 Å². The maximum absolute atomic E-state index is 11.7. The van der Waals surface area contributed by atoms with Gasteiger partial charge in [0.2, 0.25) is 0 Å². The monoisotopic (exact) mass is 309 g/mol. The van der Waals surface area contributed by atoms with Gasteiger partial charge < -0.3 is 4.98 Å². The molecule has 0 bridgehead atoms. The maximum Gasteiger partial charge on any atom is 0.273 e. The highest BCUT2D eigenvalue weighted by atomic mass is 35.5. The fourth-order valence-electron chi connectivity index (χ4n) is 1.98. The van der Waals surface area contributed by atoms with Crippen LogP contribution in [-0.4, -0.2) is 20.3 Å². The first-order valence-corrected chi connectivity index (χ1v) is 6.92. The van der Waals surface area contributed by atoms with Crippen LogP contribution in [0.2, 0.25) is 0 Å². The molecule has 112 valence electrons. The van der Waals surface area contributed by atoms with E-state index in [1.54, 1.807) is 6.07 Å². The molecule has 2 rings (SSSR count). The highest BCUT2D eigenvalue weighted by molar-refractivity contribution is 6.21. The van der Waals surface area contributed by atoms with Crippen LogP contribution in [-0.2, 0) is 6.42 Å². The Morgan fingerprint density at radius 3 is 2.67 bits per heavy atom. The zero-order valence-corrected chi connectivity index (χ0v) is 12.8. The van der Waals surface area contributed by atoms with Crippen LogP contribution in [0.15, 0.2) is 23.3 Å². The predicted molar refractivity (Wildman–Crippen MR) is 81.8 cm³/mol. The van der Waals surface area contributed by atoms with Crippen LogP contribution in [0.1, 0.15) is 26.3 Å². The number of halogens is 1. The zero-order valence-electron chi connectivity index (χ0n) is 12.0. The Labute approximate surface area is 126 Å². The third-order valence-corrected chi connectivity index (χ3v) is 4.19. The fraction of sp³-hybridized carbons (Fsp3) is 0.429. The van der Waals surface area contributed by atoms with E-state index in [0.29, 0.717) is 17.5 Å². The van der Waals surface area contributed by atoms with E-state index >= 15 is 0 Å². The normalized spacial score (nSPS) is 13.3. The van der Waals surface area contributed by atoms with Gasteiger partial charge in [-0.1, -0.05) is 20.8 Å². The van der Waals surface area contributed by atoms with E-state index in [4.69, 9.17) is 11.6 Å². The lowest BCUT2D eigenvalue weighted by atomic mass is 9.87. The minimum absolute atomic E-state index is 0.101. The fourth-order valence-corrected chi connectivity index (χ4v) is 2.15. The highest BCUT2D eigenvalue weighted by Gasteiger charge is 2.26. The van der Waals surface area contributed by atoms with E-state index in [-0.39, 0.29) is 21.9 Å². The largest absolute Gasteiger partial charge is 0.313 e. The molecule has 1 atom stereocenters. The molecule has 7 heteroatoms. The van der Waals surface area contributed by atoms with Crippen molar-refractivity contribution in [2.24, 2.45) is 5.41 Å². The molecule has 0 saturated heterocycles. The lowest BCUT2D eigenvalue weighted by Gasteiger charge is -2.25. The van der Waals surface area contributed by atoms with Gasteiger partial charge in [-0.25, -0.2) is 4.98 Å². The van der Waals surface area contributed by atoms with E-state index in [9.17, 15) is 14.9 Å². The van der Waals surface area contributed by atoms with Crippen molar-refractivity contribution in [3.63, 3.8) is 0 Å². The Balaban J connectivity index is 2.59. The summed E-state index contributed by atoms with van der Waals surface area (Å²) in [4.78, 5) is 28.9. The SMILES string of the molecule is CC(C)(C)C(Cl)Cc1cc2nc[nH]c(=O)c2cc1[N+](=O)[O-]. The molecule has 0 aliphatic heterocycles. The van der Waals surface area contributed by atoms with Gasteiger partial charge in [0.1, 0.15) is 0 Å². The Bertz CT molecular complexity index is 749. The van der Waals surface area contributed by atoms with Crippen LogP contribution in [0.25, 0.3) is 10.9 Å². The minimum atomic E-state index is -0.493. The van der Waals surface area contributed by atoms with Crippen LogP contribution < -0.4 is 5.56 Å². The molecule has 21 heavy (non-hydrogen) atoms. The quantitative estimate of drug-likeness (QED) is 0.536. The number of alkyl halides is 1. The van der Waals surface area contributed by atoms with Crippen molar-refractivity contribution in [3.05, 3.63) is 44.5 Å². The zero-order chi connectivity index (χ0) is 15.8. The average Bonchev–Trinajstić information content (AvgIpc) is 2.37. The van der Waals surface area contributed by atoms with Crippen molar-refractivity contribution in [1.82, 2.24) is 9.97 Å². The topological polar surface area (TPSA) is 88.9 Å². The predicted octanol–water partition coefficient (Wildman–Crippen LogP) is 3.03. The summed E-state index contributed by atoms with van der Waals surface area (Å²) < 4.78 is 0. The third kappa shape index (κ3) is 3.21. The van der Waals surface area contributed by atoms with E-state index < -0.39 is 10.5 Å². The summed E-state index contributed by atoms with van der Waals surface area (Å²) in [5, 5.41) is 11.2. The second kappa shape index (κ2) is 5.44. The van der Waals surface area contributed by atoms with Gasteiger partial charge in [-0.15, -0.1) is 11.6 Å². The van der Waals surface area contributed by atoms with Gasteiger partial charge >= 0.3 is 0 Å². The summed E-state index contributed by atoms with van der Waals surface area (Å²) in [6.07, 6.45) is 1.62. The van der Waals surface area contributed by atoms with Gasteiger partial charge in [0.05, 0.1) is 22.2 Å². The van der Waals surface area contributed by atoms with Crippen molar-refractivity contribution in [2.45, 2.75) is 32.6 Å². The molecule has 0 saturated carbocycles. The lowest BCUT2D eigenvalue weighted by molar-refractivity contribution is -0.385. The molecule has 0 aliphatic carbocycles. The smallest absolute Gasteiger partial charge is 0.273 e. The molecule has 0 amide bonds. The number of benzene rings is 1. The molecule has 0 fully saturated rings. The number of nitrogens with zero attached hydrogens (tertiary/aromatic N) is 2. The first-order chi connectivity index (χ1) is 9.70. The number of hydrogen-bond donors (Lipinski definition) is 1. The van der Waals surface area contributed by atoms with Crippen molar-refractivity contribution in [3.8, 4) is 0 Å². The standard InChI is InChI=1S/C14H16ClN3O3/c1-14(2,3)12(15)5-8-4-10-9(6-11(8)18(20)21)13(19)17-7-16-10/h4,6-7,12H,5H2,1-3H3,(H,16,17,19). The van der Waals surface area contributed by atoms with Gasteiger partial charge in [-0.3, -0.25) is 14.9 Å². The summed E-state index contributed by atoms with van der Waals surface area (Å²) in [5.41, 5.74) is 0.229. The molecule has 0 radical (unpaired) electrons. The average molecular weight is 310 g/mol. The summed E-state index contributed by atoms with van der Waals surface area (Å²) in [7, 11) is 0. The van der Waals surface area contributed by atoms with E-state index in [1.807, 2.05) is 20.8 Å². The van der Waals surface area contributed by atoms with Crippen LogP contribution in [0.3, 0.4) is 0 Å². The molecular formula is C14H16ClN3O3. The molecule has 1 heterocycles. The van der Waals surface area contributed by atoms with Gasteiger partial charge in [-0.2, -0.15) is 0 Å².